The van der Waals surface area contributed by atoms with E-state index < -0.39 is 0 Å². The molecule has 0 aliphatic heterocycles. The first-order valence-corrected chi connectivity index (χ1v) is 7.61. The maximum Gasteiger partial charge on any atom is 0.228 e. The Bertz CT molecular complexity index is 599. The molecular weight excluding hydrogens is 284 g/mol. The molecule has 0 aromatic heterocycles. The van der Waals surface area contributed by atoms with Crippen LogP contribution in [0.4, 0.5) is 5.69 Å². The average Bonchev–Trinajstić information content (AvgIpc) is 2.79. The van der Waals surface area contributed by atoms with Crippen LogP contribution in [0, 0.1) is 23.2 Å². The van der Waals surface area contributed by atoms with Gasteiger partial charge in [0.05, 0.1) is 11.6 Å². The topological polar surface area (TPSA) is 55.1 Å². The van der Waals surface area contributed by atoms with Crippen molar-refractivity contribution in [1.82, 2.24) is 0 Å². The SMILES string of the molecule is CC1(C)CCCC1C(=O)Nc1ccc(Cl)c(C#CCN)c1. The molecule has 0 spiro atoms. The van der Waals surface area contributed by atoms with E-state index in [2.05, 4.69) is 31.0 Å². The third-order valence-electron chi connectivity index (χ3n) is 4.13. The Morgan fingerprint density at radius 1 is 1.52 bits per heavy atom. The fraction of sp³-hybridized carbons (Fsp3) is 0.471. The van der Waals surface area contributed by atoms with E-state index in [9.17, 15) is 4.79 Å². The highest BCUT2D eigenvalue weighted by Gasteiger charge is 2.39. The van der Waals surface area contributed by atoms with Gasteiger partial charge in [0.25, 0.3) is 0 Å². The van der Waals surface area contributed by atoms with Crippen LogP contribution in [0.5, 0.6) is 0 Å². The Morgan fingerprint density at radius 3 is 2.90 bits per heavy atom. The molecule has 0 saturated heterocycles. The fourth-order valence-corrected chi connectivity index (χ4v) is 3.05. The van der Waals surface area contributed by atoms with Crippen LogP contribution < -0.4 is 11.1 Å². The Morgan fingerprint density at radius 2 is 2.29 bits per heavy atom. The summed E-state index contributed by atoms with van der Waals surface area (Å²) >= 11 is 6.08. The van der Waals surface area contributed by atoms with Crippen LogP contribution in [0.3, 0.4) is 0 Å². The van der Waals surface area contributed by atoms with E-state index >= 15 is 0 Å². The number of nitrogens with one attached hydrogen (secondary N) is 1. The second-order valence-corrected chi connectivity index (χ2v) is 6.53. The molecule has 1 amide bonds. The molecule has 1 saturated carbocycles. The third-order valence-corrected chi connectivity index (χ3v) is 4.46. The van der Waals surface area contributed by atoms with E-state index in [0.717, 1.165) is 24.9 Å². The molecule has 1 aliphatic rings. The highest BCUT2D eigenvalue weighted by molar-refractivity contribution is 6.31. The summed E-state index contributed by atoms with van der Waals surface area (Å²) in [6.07, 6.45) is 3.16. The average molecular weight is 305 g/mol. The summed E-state index contributed by atoms with van der Waals surface area (Å²) in [6.45, 7) is 4.59. The largest absolute Gasteiger partial charge is 0.326 e. The zero-order valence-electron chi connectivity index (χ0n) is 12.5. The monoisotopic (exact) mass is 304 g/mol. The molecule has 1 aromatic rings. The van der Waals surface area contributed by atoms with Gasteiger partial charge in [-0.3, -0.25) is 4.79 Å². The van der Waals surface area contributed by atoms with Crippen molar-refractivity contribution in [2.24, 2.45) is 17.1 Å². The van der Waals surface area contributed by atoms with Gasteiger partial charge in [-0.15, -0.1) is 0 Å². The van der Waals surface area contributed by atoms with Crippen molar-refractivity contribution in [3.05, 3.63) is 28.8 Å². The molecule has 1 aromatic carbocycles. The van der Waals surface area contributed by atoms with Crippen LogP contribution >= 0.6 is 11.6 Å². The van der Waals surface area contributed by atoms with E-state index in [-0.39, 0.29) is 23.8 Å². The number of benzene rings is 1. The lowest BCUT2D eigenvalue weighted by Gasteiger charge is -2.25. The van der Waals surface area contributed by atoms with Crippen LogP contribution in [-0.4, -0.2) is 12.5 Å². The molecule has 1 aliphatic carbocycles. The Kier molecular flexibility index (Phi) is 4.92. The summed E-state index contributed by atoms with van der Waals surface area (Å²) in [5.74, 6) is 5.83. The highest BCUT2D eigenvalue weighted by atomic mass is 35.5. The number of hydrogen-bond donors (Lipinski definition) is 2. The van der Waals surface area contributed by atoms with Crippen molar-refractivity contribution in [3.63, 3.8) is 0 Å². The number of hydrogen-bond acceptors (Lipinski definition) is 2. The minimum Gasteiger partial charge on any atom is -0.326 e. The van der Waals surface area contributed by atoms with E-state index in [0.29, 0.717) is 10.6 Å². The van der Waals surface area contributed by atoms with Crippen molar-refractivity contribution in [2.45, 2.75) is 33.1 Å². The quantitative estimate of drug-likeness (QED) is 0.823. The summed E-state index contributed by atoms with van der Waals surface area (Å²) in [4.78, 5) is 12.4. The molecule has 3 nitrogen and oxygen atoms in total. The maximum atomic E-state index is 12.4. The highest BCUT2D eigenvalue weighted by Crippen LogP contribution is 2.43. The summed E-state index contributed by atoms with van der Waals surface area (Å²) in [5.41, 5.74) is 6.86. The number of amides is 1. The molecule has 4 heteroatoms. The van der Waals surface area contributed by atoms with Crippen LogP contribution in [0.2, 0.25) is 5.02 Å². The van der Waals surface area contributed by atoms with Gasteiger partial charge in [-0.2, -0.15) is 0 Å². The molecule has 0 bridgehead atoms. The third kappa shape index (κ3) is 3.78. The predicted octanol–water partition coefficient (Wildman–Crippen LogP) is 3.42. The van der Waals surface area contributed by atoms with Crippen LogP contribution in [0.25, 0.3) is 0 Å². The number of halogens is 1. The molecule has 2 rings (SSSR count). The van der Waals surface area contributed by atoms with Crippen molar-refractivity contribution < 1.29 is 4.79 Å². The van der Waals surface area contributed by atoms with Crippen LogP contribution in [0.15, 0.2) is 18.2 Å². The second kappa shape index (κ2) is 6.51. The van der Waals surface area contributed by atoms with Gasteiger partial charge in [0, 0.05) is 17.2 Å². The smallest absolute Gasteiger partial charge is 0.228 e. The first-order valence-electron chi connectivity index (χ1n) is 7.23. The maximum absolute atomic E-state index is 12.4. The lowest BCUT2D eigenvalue weighted by Crippen LogP contribution is -2.30. The van der Waals surface area contributed by atoms with E-state index in [1.165, 1.54) is 0 Å². The molecule has 21 heavy (non-hydrogen) atoms. The number of carbonyl (C=O) groups excluding carboxylic acids is 1. The van der Waals surface area contributed by atoms with Crippen LogP contribution in [0.1, 0.15) is 38.7 Å². The van der Waals surface area contributed by atoms with E-state index in [1.54, 1.807) is 18.2 Å². The Hall–Kier alpha value is -1.50. The molecule has 0 radical (unpaired) electrons. The van der Waals surface area contributed by atoms with Gasteiger partial charge in [-0.25, -0.2) is 0 Å². The minimum absolute atomic E-state index is 0.0618. The first kappa shape index (κ1) is 15.9. The number of anilines is 1. The van der Waals surface area contributed by atoms with Crippen molar-refractivity contribution in [1.29, 1.82) is 0 Å². The van der Waals surface area contributed by atoms with Crippen molar-refractivity contribution in [3.8, 4) is 11.8 Å². The van der Waals surface area contributed by atoms with E-state index in [4.69, 9.17) is 17.3 Å². The first-order chi connectivity index (χ1) is 9.94. The summed E-state index contributed by atoms with van der Waals surface area (Å²) < 4.78 is 0. The van der Waals surface area contributed by atoms with E-state index in [1.807, 2.05) is 0 Å². The molecule has 1 fully saturated rings. The number of rotatable bonds is 2. The van der Waals surface area contributed by atoms with Gasteiger partial charge in [0.1, 0.15) is 0 Å². The van der Waals surface area contributed by atoms with Crippen molar-refractivity contribution >= 4 is 23.2 Å². The zero-order chi connectivity index (χ0) is 15.5. The Balaban J connectivity index is 2.14. The molecule has 112 valence electrons. The molecule has 1 unspecified atom stereocenters. The second-order valence-electron chi connectivity index (χ2n) is 6.12. The van der Waals surface area contributed by atoms with Gasteiger partial charge >= 0.3 is 0 Å². The molecule has 3 N–H and O–H groups in total. The standard InChI is InChI=1S/C17H21ClN2O/c1-17(2)9-3-6-14(17)16(21)20-13-7-8-15(18)12(11-13)5-4-10-19/h7-8,11,14H,3,6,9-10,19H2,1-2H3,(H,20,21). The van der Waals surface area contributed by atoms with Gasteiger partial charge in [0.15, 0.2) is 0 Å². The van der Waals surface area contributed by atoms with Gasteiger partial charge in [-0.05, 0) is 36.5 Å². The van der Waals surface area contributed by atoms with Gasteiger partial charge < -0.3 is 11.1 Å². The lowest BCUT2D eigenvalue weighted by atomic mass is 9.81. The van der Waals surface area contributed by atoms with Crippen LogP contribution in [-0.2, 0) is 4.79 Å². The fourth-order valence-electron chi connectivity index (χ4n) is 2.89. The molecule has 0 heterocycles. The van der Waals surface area contributed by atoms with Gasteiger partial charge in [0.2, 0.25) is 5.91 Å². The summed E-state index contributed by atoms with van der Waals surface area (Å²) in [5, 5.41) is 3.55. The normalized spacial score (nSPS) is 19.7. The zero-order valence-corrected chi connectivity index (χ0v) is 13.3. The van der Waals surface area contributed by atoms with Gasteiger partial charge in [-0.1, -0.05) is 43.7 Å². The number of carbonyl (C=O) groups is 1. The Labute approximate surface area is 131 Å². The predicted molar refractivity (Wildman–Crippen MR) is 87.1 cm³/mol. The minimum atomic E-state index is 0.0618. The lowest BCUT2D eigenvalue weighted by molar-refractivity contribution is -0.122. The number of nitrogens with two attached hydrogens (primary N) is 1. The molecule has 1 atom stereocenters. The van der Waals surface area contributed by atoms with Crippen molar-refractivity contribution in [2.75, 3.05) is 11.9 Å². The molecular formula is C17H21ClN2O. The summed E-state index contributed by atoms with van der Waals surface area (Å²) in [6, 6.07) is 5.35. The summed E-state index contributed by atoms with van der Waals surface area (Å²) in [7, 11) is 0.